The highest BCUT2D eigenvalue weighted by atomic mass is 35.5. The molecule has 124 valence electrons. The van der Waals surface area contributed by atoms with Crippen molar-refractivity contribution in [1.82, 2.24) is 15.2 Å². The molecule has 1 aromatic heterocycles. The summed E-state index contributed by atoms with van der Waals surface area (Å²) in [5, 5.41) is 4.24. The second-order valence-electron chi connectivity index (χ2n) is 6.09. The van der Waals surface area contributed by atoms with E-state index in [2.05, 4.69) is 10.3 Å². The molecule has 4 rings (SSSR count). The zero-order chi connectivity index (χ0) is 16.7. The first-order valence-electron chi connectivity index (χ1n) is 7.86. The number of carbonyl (C=O) groups excluding carboxylic acids is 2. The summed E-state index contributed by atoms with van der Waals surface area (Å²) in [6, 6.07) is 6.98. The number of ether oxygens (including phenoxy) is 1. The molecule has 0 saturated carbocycles. The molecule has 0 aliphatic carbocycles. The normalized spacial score (nSPS) is 23.7. The predicted molar refractivity (Wildman–Crippen MR) is 88.9 cm³/mol. The van der Waals surface area contributed by atoms with E-state index in [0.717, 1.165) is 5.39 Å². The van der Waals surface area contributed by atoms with Crippen molar-refractivity contribution < 1.29 is 14.3 Å². The second kappa shape index (κ2) is 6.03. The summed E-state index contributed by atoms with van der Waals surface area (Å²) in [5.74, 6) is -0.264. The minimum atomic E-state index is -0.164. The number of piperidine rings is 1. The summed E-state index contributed by atoms with van der Waals surface area (Å²) in [6.45, 7) is 1.10. The van der Waals surface area contributed by atoms with Gasteiger partial charge >= 0.3 is 0 Å². The summed E-state index contributed by atoms with van der Waals surface area (Å²) >= 11 is 6.16. The van der Waals surface area contributed by atoms with Crippen molar-refractivity contribution in [3.63, 3.8) is 0 Å². The van der Waals surface area contributed by atoms with E-state index in [1.807, 2.05) is 12.1 Å². The first kappa shape index (κ1) is 15.4. The van der Waals surface area contributed by atoms with Gasteiger partial charge < -0.3 is 15.0 Å². The van der Waals surface area contributed by atoms with Gasteiger partial charge in [0.25, 0.3) is 5.91 Å². The van der Waals surface area contributed by atoms with Gasteiger partial charge in [0.05, 0.1) is 23.2 Å². The van der Waals surface area contributed by atoms with Crippen LogP contribution in [0.25, 0.3) is 10.9 Å². The predicted octanol–water partition coefficient (Wildman–Crippen LogP) is 1.62. The molecule has 0 bridgehead atoms. The summed E-state index contributed by atoms with van der Waals surface area (Å²) < 4.78 is 5.53. The van der Waals surface area contributed by atoms with Crippen LogP contribution < -0.4 is 5.32 Å². The highest BCUT2D eigenvalue weighted by Crippen LogP contribution is 2.25. The van der Waals surface area contributed by atoms with Crippen LogP contribution in [0.1, 0.15) is 16.8 Å². The van der Waals surface area contributed by atoms with E-state index < -0.39 is 0 Å². The van der Waals surface area contributed by atoms with Crippen LogP contribution in [0.5, 0.6) is 0 Å². The monoisotopic (exact) mass is 345 g/mol. The maximum Gasteiger partial charge on any atom is 0.256 e. The molecule has 2 saturated heterocycles. The topological polar surface area (TPSA) is 71.5 Å². The van der Waals surface area contributed by atoms with Gasteiger partial charge in [-0.25, -0.2) is 0 Å². The molecule has 2 aliphatic heterocycles. The number of nitrogens with zero attached hydrogens (tertiary/aromatic N) is 2. The number of fused-ring (bicyclic) bond motifs is 2. The molecule has 24 heavy (non-hydrogen) atoms. The minimum absolute atomic E-state index is 0.0269. The van der Waals surface area contributed by atoms with E-state index >= 15 is 0 Å². The Kier molecular flexibility index (Phi) is 3.86. The van der Waals surface area contributed by atoms with Gasteiger partial charge in [0, 0.05) is 29.7 Å². The average Bonchev–Trinajstić information content (AvgIpc) is 2.59. The number of nitrogens with one attached hydrogen (secondary N) is 1. The Morgan fingerprint density at radius 2 is 2.29 bits per heavy atom. The first-order valence-corrected chi connectivity index (χ1v) is 8.24. The number of morpholine rings is 1. The zero-order valence-corrected chi connectivity index (χ0v) is 13.6. The summed E-state index contributed by atoms with van der Waals surface area (Å²) in [6.07, 6.45) is 2.33. The van der Waals surface area contributed by atoms with Crippen LogP contribution in [-0.4, -0.2) is 53.5 Å². The molecule has 2 fully saturated rings. The van der Waals surface area contributed by atoms with Crippen molar-refractivity contribution in [2.24, 2.45) is 0 Å². The molecule has 3 heterocycles. The number of pyridine rings is 1. The largest absolute Gasteiger partial charge is 0.366 e. The van der Waals surface area contributed by atoms with Crippen LogP contribution in [0.4, 0.5) is 0 Å². The molecule has 0 spiro atoms. The molecule has 2 amide bonds. The third-order valence-electron chi connectivity index (χ3n) is 4.51. The Balaban J connectivity index is 1.63. The van der Waals surface area contributed by atoms with Crippen molar-refractivity contribution >= 4 is 34.3 Å². The van der Waals surface area contributed by atoms with Crippen molar-refractivity contribution in [3.8, 4) is 0 Å². The standard InChI is InChI=1S/C17H16ClN3O3/c18-11-6-10-2-1-4-19-16(10)12(7-11)17(23)21-5-3-14-13(8-21)20-15(22)9-24-14/h1-2,4,6-7,13-14H,3,5,8-9H2,(H,20,22)/t13-,14+/m1/s1. The first-order chi connectivity index (χ1) is 11.6. The number of amides is 2. The van der Waals surface area contributed by atoms with Crippen LogP contribution >= 0.6 is 11.6 Å². The van der Waals surface area contributed by atoms with Crippen molar-refractivity contribution in [1.29, 1.82) is 0 Å². The molecule has 7 heteroatoms. The molecule has 2 atom stereocenters. The SMILES string of the molecule is O=C1CO[C@H]2CCN(C(=O)c3cc(Cl)cc4cccnc34)C[C@H]2N1. The van der Waals surface area contributed by atoms with Crippen LogP contribution in [-0.2, 0) is 9.53 Å². The fraction of sp³-hybridized carbons (Fsp3) is 0.353. The maximum atomic E-state index is 13.0. The van der Waals surface area contributed by atoms with Crippen LogP contribution in [0, 0.1) is 0 Å². The third-order valence-corrected chi connectivity index (χ3v) is 4.73. The molecule has 0 radical (unpaired) electrons. The summed E-state index contributed by atoms with van der Waals surface area (Å²) in [7, 11) is 0. The number of rotatable bonds is 1. The Bertz CT molecular complexity index is 826. The maximum absolute atomic E-state index is 13.0. The molecule has 6 nitrogen and oxygen atoms in total. The second-order valence-corrected chi connectivity index (χ2v) is 6.53. The highest BCUT2D eigenvalue weighted by molar-refractivity contribution is 6.32. The van der Waals surface area contributed by atoms with Gasteiger partial charge in [-0.2, -0.15) is 0 Å². The number of carbonyl (C=O) groups is 2. The van der Waals surface area contributed by atoms with Gasteiger partial charge in [-0.05, 0) is 24.6 Å². The van der Waals surface area contributed by atoms with Crippen molar-refractivity contribution in [2.45, 2.75) is 18.6 Å². The molecule has 1 aromatic carbocycles. The van der Waals surface area contributed by atoms with Gasteiger partial charge in [0.1, 0.15) is 6.61 Å². The van der Waals surface area contributed by atoms with Gasteiger partial charge in [-0.3, -0.25) is 14.6 Å². The number of hydrogen-bond donors (Lipinski definition) is 1. The molecule has 0 unspecified atom stereocenters. The fourth-order valence-corrected chi connectivity index (χ4v) is 3.60. The lowest BCUT2D eigenvalue weighted by atomic mass is 9.99. The lowest BCUT2D eigenvalue weighted by Crippen LogP contribution is -2.61. The number of likely N-dealkylation sites (tertiary alicyclic amines) is 1. The Morgan fingerprint density at radius 1 is 1.42 bits per heavy atom. The molecule has 2 aromatic rings. The van der Waals surface area contributed by atoms with E-state index in [-0.39, 0.29) is 30.6 Å². The van der Waals surface area contributed by atoms with Crippen LogP contribution in [0.15, 0.2) is 30.5 Å². The van der Waals surface area contributed by atoms with Gasteiger partial charge in [-0.1, -0.05) is 17.7 Å². The number of benzene rings is 1. The molecule has 2 aliphatic rings. The van der Waals surface area contributed by atoms with E-state index in [0.29, 0.717) is 35.6 Å². The lowest BCUT2D eigenvalue weighted by Gasteiger charge is -2.41. The van der Waals surface area contributed by atoms with E-state index in [1.54, 1.807) is 23.2 Å². The van der Waals surface area contributed by atoms with E-state index in [4.69, 9.17) is 16.3 Å². The zero-order valence-electron chi connectivity index (χ0n) is 12.9. The highest BCUT2D eigenvalue weighted by Gasteiger charge is 2.36. The van der Waals surface area contributed by atoms with Crippen molar-refractivity contribution in [2.75, 3.05) is 19.7 Å². The fourth-order valence-electron chi connectivity index (χ4n) is 3.37. The quantitative estimate of drug-likeness (QED) is 0.852. The average molecular weight is 346 g/mol. The number of halogens is 1. The smallest absolute Gasteiger partial charge is 0.256 e. The van der Waals surface area contributed by atoms with Crippen LogP contribution in [0.2, 0.25) is 5.02 Å². The number of hydrogen-bond acceptors (Lipinski definition) is 4. The van der Waals surface area contributed by atoms with Crippen molar-refractivity contribution in [3.05, 3.63) is 41.0 Å². The van der Waals surface area contributed by atoms with E-state index in [9.17, 15) is 9.59 Å². The van der Waals surface area contributed by atoms with Crippen LogP contribution in [0.3, 0.4) is 0 Å². The summed E-state index contributed by atoms with van der Waals surface area (Å²) in [5.41, 5.74) is 1.12. The molecular formula is C17H16ClN3O3. The lowest BCUT2D eigenvalue weighted by molar-refractivity contribution is -0.139. The Morgan fingerprint density at radius 3 is 3.17 bits per heavy atom. The Hall–Kier alpha value is -2.18. The third kappa shape index (κ3) is 2.72. The van der Waals surface area contributed by atoms with Gasteiger partial charge in [-0.15, -0.1) is 0 Å². The van der Waals surface area contributed by atoms with Gasteiger partial charge in [0.15, 0.2) is 0 Å². The van der Waals surface area contributed by atoms with Gasteiger partial charge in [0.2, 0.25) is 5.91 Å². The Labute approximate surface area is 143 Å². The summed E-state index contributed by atoms with van der Waals surface area (Å²) in [4.78, 5) is 30.6. The van der Waals surface area contributed by atoms with E-state index in [1.165, 1.54) is 0 Å². The molecular weight excluding hydrogens is 330 g/mol. The minimum Gasteiger partial charge on any atom is -0.366 e. The number of aromatic nitrogens is 1. The molecule has 1 N–H and O–H groups in total.